The number of aliphatic carboxylic acids is 1. The minimum absolute atomic E-state index is 0.390. The topological polar surface area (TPSA) is 76.2 Å². The molecule has 0 saturated heterocycles. The second kappa shape index (κ2) is 4.37. The summed E-state index contributed by atoms with van der Waals surface area (Å²) in [5.74, 6) is -0.996. The van der Waals surface area contributed by atoms with E-state index in [1.165, 1.54) is 6.08 Å². The van der Waals surface area contributed by atoms with Crippen LogP contribution in [-0.4, -0.2) is 16.1 Å². The molecule has 0 bridgehead atoms. The van der Waals surface area contributed by atoms with E-state index in [0.29, 0.717) is 0 Å². The first kappa shape index (κ1) is 9.41. The third-order valence-electron chi connectivity index (χ3n) is 1.54. The van der Waals surface area contributed by atoms with Crippen molar-refractivity contribution >= 4 is 5.97 Å². The highest BCUT2D eigenvalue weighted by Gasteiger charge is 2.00. The Bertz CT molecular complexity index is 309. The Labute approximate surface area is 75.7 Å². The predicted octanol–water partition coefficient (Wildman–Crippen LogP) is 0.722. The van der Waals surface area contributed by atoms with Crippen LogP contribution in [0.15, 0.2) is 36.7 Å². The number of carbonyl (C=O) groups is 1. The van der Waals surface area contributed by atoms with Crippen molar-refractivity contribution in [1.29, 1.82) is 0 Å². The molecule has 4 nitrogen and oxygen atoms in total. The Hall–Kier alpha value is -1.68. The molecule has 0 amide bonds. The summed E-state index contributed by atoms with van der Waals surface area (Å²) in [7, 11) is 0. The zero-order valence-corrected chi connectivity index (χ0v) is 6.92. The molecule has 1 rings (SSSR count). The van der Waals surface area contributed by atoms with Crippen molar-refractivity contribution in [3.05, 3.63) is 42.2 Å². The van der Waals surface area contributed by atoms with Gasteiger partial charge >= 0.3 is 5.97 Å². The number of aromatic nitrogens is 1. The van der Waals surface area contributed by atoms with Gasteiger partial charge in [0.05, 0.1) is 0 Å². The van der Waals surface area contributed by atoms with E-state index in [4.69, 9.17) is 10.8 Å². The maximum atomic E-state index is 10.2. The third kappa shape index (κ3) is 3.04. The molecule has 1 aromatic rings. The van der Waals surface area contributed by atoms with Crippen molar-refractivity contribution in [2.45, 2.75) is 6.04 Å². The van der Waals surface area contributed by atoms with Gasteiger partial charge < -0.3 is 10.8 Å². The summed E-state index contributed by atoms with van der Waals surface area (Å²) >= 11 is 0. The van der Waals surface area contributed by atoms with Gasteiger partial charge in [-0.3, -0.25) is 4.98 Å². The average molecular weight is 178 g/mol. The van der Waals surface area contributed by atoms with Gasteiger partial charge in [0, 0.05) is 24.5 Å². The van der Waals surface area contributed by atoms with Crippen LogP contribution in [0.3, 0.4) is 0 Å². The van der Waals surface area contributed by atoms with Crippen LogP contribution in [0, 0.1) is 0 Å². The molecule has 0 aliphatic carbocycles. The Kier molecular flexibility index (Phi) is 3.16. The van der Waals surface area contributed by atoms with E-state index in [1.807, 2.05) is 0 Å². The fourth-order valence-corrected chi connectivity index (χ4v) is 0.883. The van der Waals surface area contributed by atoms with Gasteiger partial charge in [0.15, 0.2) is 0 Å². The van der Waals surface area contributed by atoms with E-state index in [-0.39, 0.29) is 6.04 Å². The van der Waals surface area contributed by atoms with E-state index in [9.17, 15) is 4.79 Å². The van der Waals surface area contributed by atoms with E-state index in [1.54, 1.807) is 24.5 Å². The first-order chi connectivity index (χ1) is 6.20. The minimum atomic E-state index is -0.996. The largest absolute Gasteiger partial charge is 0.478 e. The molecule has 0 radical (unpaired) electrons. The number of carboxylic acid groups (broad SMARTS) is 1. The van der Waals surface area contributed by atoms with Crippen molar-refractivity contribution in [3.8, 4) is 0 Å². The Morgan fingerprint density at radius 2 is 2.15 bits per heavy atom. The van der Waals surface area contributed by atoms with Crippen molar-refractivity contribution in [2.75, 3.05) is 0 Å². The molecule has 4 heteroatoms. The zero-order chi connectivity index (χ0) is 9.68. The molecule has 3 N–H and O–H groups in total. The highest BCUT2D eigenvalue weighted by molar-refractivity contribution is 5.79. The summed E-state index contributed by atoms with van der Waals surface area (Å²) in [6.45, 7) is 0. The maximum absolute atomic E-state index is 10.2. The molecule has 1 atom stereocenters. The second-order valence-electron chi connectivity index (χ2n) is 2.50. The number of carboxylic acids is 1. The van der Waals surface area contributed by atoms with Crippen LogP contribution in [0.1, 0.15) is 11.6 Å². The lowest BCUT2D eigenvalue weighted by Crippen LogP contribution is -2.07. The normalized spacial score (nSPS) is 13.0. The number of hydrogen-bond donors (Lipinski definition) is 2. The molecule has 0 aliphatic rings. The van der Waals surface area contributed by atoms with Crippen LogP contribution >= 0.6 is 0 Å². The van der Waals surface area contributed by atoms with Crippen LogP contribution in [-0.2, 0) is 4.79 Å². The summed E-state index contributed by atoms with van der Waals surface area (Å²) in [6.07, 6.45) is 5.69. The van der Waals surface area contributed by atoms with Gasteiger partial charge in [-0.2, -0.15) is 0 Å². The second-order valence-corrected chi connectivity index (χ2v) is 2.50. The van der Waals surface area contributed by atoms with Crippen molar-refractivity contribution in [3.63, 3.8) is 0 Å². The lowest BCUT2D eigenvalue weighted by molar-refractivity contribution is -0.131. The molecule has 0 spiro atoms. The lowest BCUT2D eigenvalue weighted by atomic mass is 10.1. The number of nitrogens with two attached hydrogens (primary N) is 1. The Morgan fingerprint density at radius 3 is 2.69 bits per heavy atom. The molecule has 1 aromatic heterocycles. The lowest BCUT2D eigenvalue weighted by Gasteiger charge is -2.04. The van der Waals surface area contributed by atoms with Gasteiger partial charge in [-0.15, -0.1) is 0 Å². The van der Waals surface area contributed by atoms with Crippen LogP contribution in [0.5, 0.6) is 0 Å². The smallest absolute Gasteiger partial charge is 0.328 e. The van der Waals surface area contributed by atoms with Gasteiger partial charge in [-0.25, -0.2) is 4.79 Å². The summed E-state index contributed by atoms with van der Waals surface area (Å²) in [5, 5.41) is 8.35. The molecule has 0 aliphatic heterocycles. The fourth-order valence-electron chi connectivity index (χ4n) is 0.883. The van der Waals surface area contributed by atoms with Gasteiger partial charge in [-0.05, 0) is 17.7 Å². The number of hydrogen-bond acceptors (Lipinski definition) is 3. The first-order valence-electron chi connectivity index (χ1n) is 3.77. The Morgan fingerprint density at radius 1 is 1.54 bits per heavy atom. The number of pyridine rings is 1. The van der Waals surface area contributed by atoms with E-state index < -0.39 is 5.97 Å². The van der Waals surface area contributed by atoms with Crippen LogP contribution in [0.4, 0.5) is 0 Å². The van der Waals surface area contributed by atoms with Crippen LogP contribution in [0.25, 0.3) is 0 Å². The van der Waals surface area contributed by atoms with E-state index in [2.05, 4.69) is 4.98 Å². The first-order valence-corrected chi connectivity index (χ1v) is 3.77. The summed E-state index contributed by atoms with van der Waals surface area (Å²) in [4.78, 5) is 14.0. The SMILES string of the molecule is NC(/C=C/C(=O)O)c1ccncc1. The molecule has 1 heterocycles. The van der Waals surface area contributed by atoms with Crippen LogP contribution < -0.4 is 5.73 Å². The zero-order valence-electron chi connectivity index (χ0n) is 6.92. The van der Waals surface area contributed by atoms with Gasteiger partial charge in [0.25, 0.3) is 0 Å². The molecular weight excluding hydrogens is 168 g/mol. The standard InChI is InChI=1S/C9H10N2O2/c10-8(1-2-9(12)13)7-3-5-11-6-4-7/h1-6,8H,10H2,(H,12,13)/b2-1+. The molecular formula is C9H10N2O2. The highest BCUT2D eigenvalue weighted by atomic mass is 16.4. The summed E-state index contributed by atoms with van der Waals surface area (Å²) < 4.78 is 0. The maximum Gasteiger partial charge on any atom is 0.328 e. The number of rotatable bonds is 3. The molecule has 0 fully saturated rings. The molecule has 13 heavy (non-hydrogen) atoms. The fraction of sp³-hybridized carbons (Fsp3) is 0.111. The summed E-state index contributed by atoms with van der Waals surface area (Å²) in [6, 6.07) is 3.10. The third-order valence-corrected chi connectivity index (χ3v) is 1.54. The summed E-state index contributed by atoms with van der Waals surface area (Å²) in [5.41, 5.74) is 6.51. The molecule has 68 valence electrons. The quantitative estimate of drug-likeness (QED) is 0.669. The molecule has 0 aromatic carbocycles. The van der Waals surface area contributed by atoms with E-state index >= 15 is 0 Å². The average Bonchev–Trinajstić information content (AvgIpc) is 2.15. The monoisotopic (exact) mass is 178 g/mol. The predicted molar refractivity (Wildman–Crippen MR) is 47.9 cm³/mol. The van der Waals surface area contributed by atoms with Crippen molar-refractivity contribution < 1.29 is 9.90 Å². The molecule has 1 unspecified atom stereocenters. The van der Waals surface area contributed by atoms with Gasteiger partial charge in [-0.1, -0.05) is 6.08 Å². The van der Waals surface area contributed by atoms with Gasteiger partial charge in [0.2, 0.25) is 0 Å². The van der Waals surface area contributed by atoms with Crippen molar-refractivity contribution in [2.24, 2.45) is 5.73 Å². The molecule has 0 saturated carbocycles. The Balaban J connectivity index is 2.69. The number of nitrogens with zero attached hydrogens (tertiary/aromatic N) is 1. The minimum Gasteiger partial charge on any atom is -0.478 e. The highest BCUT2D eigenvalue weighted by Crippen LogP contribution is 2.08. The van der Waals surface area contributed by atoms with Gasteiger partial charge in [0.1, 0.15) is 0 Å². The van der Waals surface area contributed by atoms with E-state index in [0.717, 1.165) is 11.6 Å². The van der Waals surface area contributed by atoms with Crippen molar-refractivity contribution in [1.82, 2.24) is 4.98 Å². The van der Waals surface area contributed by atoms with Crippen LogP contribution in [0.2, 0.25) is 0 Å².